The average Bonchev–Trinajstić information content (AvgIpc) is 2.89. The van der Waals surface area contributed by atoms with Crippen LogP contribution in [0.3, 0.4) is 0 Å². The predicted molar refractivity (Wildman–Crippen MR) is 173 cm³/mol. The zero-order valence-corrected chi connectivity index (χ0v) is 26.6. The summed E-state index contributed by atoms with van der Waals surface area (Å²) in [6.45, 7) is 11.5. The van der Waals surface area contributed by atoms with Crippen molar-refractivity contribution in [1.29, 1.82) is 0 Å². The van der Waals surface area contributed by atoms with E-state index < -0.39 is 0 Å². The minimum absolute atomic E-state index is 0.00628. The van der Waals surface area contributed by atoms with Crippen molar-refractivity contribution in [3.05, 3.63) is 68.7 Å². The molecule has 1 amide bonds. The van der Waals surface area contributed by atoms with Gasteiger partial charge in [0.2, 0.25) is 5.91 Å². The van der Waals surface area contributed by atoms with Crippen molar-refractivity contribution in [2.24, 2.45) is 28.1 Å². The van der Waals surface area contributed by atoms with Crippen molar-refractivity contribution in [2.45, 2.75) is 84.3 Å². The van der Waals surface area contributed by atoms with Crippen LogP contribution in [0.1, 0.15) is 61.8 Å². The van der Waals surface area contributed by atoms with Crippen LogP contribution in [0.5, 0.6) is 0 Å². The van der Waals surface area contributed by atoms with Gasteiger partial charge in [0.15, 0.2) is 5.96 Å². The molecule has 3 atom stereocenters. The van der Waals surface area contributed by atoms with Crippen molar-refractivity contribution < 1.29 is 4.79 Å². The molecule has 2 aromatic carbocycles. The van der Waals surface area contributed by atoms with Gasteiger partial charge in [-0.1, -0.05) is 66.9 Å². The highest BCUT2D eigenvalue weighted by Crippen LogP contribution is 2.27. The van der Waals surface area contributed by atoms with E-state index in [2.05, 4.69) is 60.7 Å². The van der Waals surface area contributed by atoms with E-state index >= 15 is 0 Å². The lowest BCUT2D eigenvalue weighted by atomic mass is 9.93. The van der Waals surface area contributed by atoms with Gasteiger partial charge in [-0.15, -0.1) is 0 Å². The minimum atomic E-state index is -0.00628. The summed E-state index contributed by atoms with van der Waals surface area (Å²) in [5.41, 5.74) is 22.7. The van der Waals surface area contributed by atoms with Gasteiger partial charge in [0, 0.05) is 50.7 Å². The highest BCUT2D eigenvalue weighted by Gasteiger charge is 2.36. The maximum absolute atomic E-state index is 13.7. The molecular formula is C32H48Cl2N6O. The number of aliphatic imine (C=N–C) groups is 1. The highest BCUT2D eigenvalue weighted by atomic mass is 35.5. The first kappa shape index (κ1) is 33.2. The largest absolute Gasteiger partial charge is 0.370 e. The number of nitrogens with two attached hydrogens (primary N) is 3. The number of halogens is 2. The summed E-state index contributed by atoms with van der Waals surface area (Å²) in [5, 5.41) is 1.04. The van der Waals surface area contributed by atoms with Gasteiger partial charge < -0.3 is 22.1 Å². The number of guanidine groups is 1. The van der Waals surface area contributed by atoms with Crippen molar-refractivity contribution in [2.75, 3.05) is 26.2 Å². The first-order valence-electron chi connectivity index (χ1n) is 14.8. The van der Waals surface area contributed by atoms with Gasteiger partial charge >= 0.3 is 0 Å². The Morgan fingerprint density at radius 1 is 1.05 bits per heavy atom. The Labute approximate surface area is 256 Å². The molecule has 226 valence electrons. The van der Waals surface area contributed by atoms with Crippen LogP contribution < -0.4 is 17.2 Å². The lowest BCUT2D eigenvalue weighted by molar-refractivity contribution is -0.138. The van der Waals surface area contributed by atoms with E-state index in [4.69, 9.17) is 40.4 Å². The SMILES string of the molecule is Cc1ccc(CC(N)CN2CC(CC(C)C)N(C(=O)CCc3ccc(Cl)c(Cl)c3)CC2CCCN=C(N)N)c(C)c1. The molecule has 3 rings (SSSR count). The molecule has 1 fully saturated rings. The lowest BCUT2D eigenvalue weighted by Crippen LogP contribution is -2.61. The number of nitrogens with zero attached hydrogens (tertiary/aromatic N) is 3. The Bertz CT molecular complexity index is 1180. The quantitative estimate of drug-likeness (QED) is 0.168. The monoisotopic (exact) mass is 602 g/mol. The third-order valence-corrected chi connectivity index (χ3v) is 8.66. The van der Waals surface area contributed by atoms with Gasteiger partial charge in [0.05, 0.1) is 10.0 Å². The summed E-state index contributed by atoms with van der Waals surface area (Å²) in [5.74, 6) is 0.752. The zero-order chi connectivity index (χ0) is 30.1. The zero-order valence-electron chi connectivity index (χ0n) is 25.1. The summed E-state index contributed by atoms with van der Waals surface area (Å²) in [6.07, 6.45) is 4.55. The fraction of sp³-hybridized carbons (Fsp3) is 0.562. The molecule has 1 aliphatic rings. The van der Waals surface area contributed by atoms with Crippen LogP contribution in [0.25, 0.3) is 0 Å². The van der Waals surface area contributed by atoms with Crippen LogP contribution in [-0.4, -0.2) is 66.0 Å². The molecule has 0 saturated carbocycles. The molecule has 0 spiro atoms. The second-order valence-corrected chi connectivity index (χ2v) is 12.8. The standard InChI is InChI=1S/C32H48Cl2N6O/c1-21(2)14-28-19-39(18-26(35)17-25-10-7-22(3)15-23(25)4)27(6-5-13-38-32(36)37)20-40(28)31(41)12-9-24-8-11-29(33)30(34)16-24/h7-8,10-11,15-16,21,26-28H,5-6,9,12-14,17-20,35H2,1-4H3,(H4,36,37,38). The molecule has 0 radical (unpaired) electrons. The van der Waals surface area contributed by atoms with Gasteiger partial charge in [0.25, 0.3) is 0 Å². The van der Waals surface area contributed by atoms with Gasteiger partial charge in [-0.05, 0) is 80.7 Å². The fourth-order valence-electron chi connectivity index (χ4n) is 5.91. The Hall–Kier alpha value is -2.32. The second kappa shape index (κ2) is 15.8. The Morgan fingerprint density at radius 3 is 2.46 bits per heavy atom. The number of carbonyl (C=O) groups excluding carboxylic acids is 1. The van der Waals surface area contributed by atoms with Crippen molar-refractivity contribution >= 4 is 35.1 Å². The van der Waals surface area contributed by atoms with E-state index in [1.807, 2.05) is 12.1 Å². The van der Waals surface area contributed by atoms with Crippen LogP contribution in [0.4, 0.5) is 0 Å². The molecular weight excluding hydrogens is 555 g/mol. The van der Waals surface area contributed by atoms with E-state index in [1.165, 1.54) is 16.7 Å². The van der Waals surface area contributed by atoms with E-state index in [0.717, 1.165) is 44.3 Å². The number of amides is 1. The molecule has 7 nitrogen and oxygen atoms in total. The minimum Gasteiger partial charge on any atom is -0.370 e. The average molecular weight is 604 g/mol. The normalized spacial score (nSPS) is 18.5. The predicted octanol–water partition coefficient (Wildman–Crippen LogP) is 5.09. The van der Waals surface area contributed by atoms with E-state index in [9.17, 15) is 4.79 Å². The van der Waals surface area contributed by atoms with Gasteiger partial charge in [-0.2, -0.15) is 0 Å². The summed E-state index contributed by atoms with van der Waals surface area (Å²) in [7, 11) is 0. The molecule has 1 saturated heterocycles. The van der Waals surface area contributed by atoms with Crippen LogP contribution >= 0.6 is 23.2 Å². The number of hydrogen-bond donors (Lipinski definition) is 3. The molecule has 2 aromatic rings. The van der Waals surface area contributed by atoms with Crippen LogP contribution in [-0.2, 0) is 17.6 Å². The Balaban J connectivity index is 1.75. The van der Waals surface area contributed by atoms with Crippen LogP contribution in [0, 0.1) is 19.8 Å². The first-order chi connectivity index (χ1) is 19.4. The van der Waals surface area contributed by atoms with Crippen molar-refractivity contribution in [3.63, 3.8) is 0 Å². The number of aryl methyl sites for hydroxylation is 3. The smallest absolute Gasteiger partial charge is 0.223 e. The number of carbonyl (C=O) groups is 1. The summed E-state index contributed by atoms with van der Waals surface area (Å²) in [4.78, 5) is 22.5. The maximum atomic E-state index is 13.7. The molecule has 3 unspecified atom stereocenters. The molecule has 0 bridgehead atoms. The summed E-state index contributed by atoms with van der Waals surface area (Å²) >= 11 is 12.3. The molecule has 1 aliphatic heterocycles. The second-order valence-electron chi connectivity index (χ2n) is 12.0. The Morgan fingerprint density at radius 2 is 1.80 bits per heavy atom. The van der Waals surface area contributed by atoms with E-state index in [1.54, 1.807) is 6.07 Å². The van der Waals surface area contributed by atoms with Crippen molar-refractivity contribution in [3.8, 4) is 0 Å². The first-order valence-corrected chi connectivity index (χ1v) is 15.5. The Kier molecular flexibility index (Phi) is 12.8. The molecule has 1 heterocycles. The maximum Gasteiger partial charge on any atom is 0.223 e. The fourth-order valence-corrected chi connectivity index (χ4v) is 6.23. The number of hydrogen-bond acceptors (Lipinski definition) is 4. The van der Waals surface area contributed by atoms with Crippen LogP contribution in [0.2, 0.25) is 10.0 Å². The molecule has 6 N–H and O–H groups in total. The van der Waals surface area contributed by atoms with Gasteiger partial charge in [-0.3, -0.25) is 14.7 Å². The third-order valence-electron chi connectivity index (χ3n) is 7.92. The summed E-state index contributed by atoms with van der Waals surface area (Å²) in [6, 6.07) is 12.5. The van der Waals surface area contributed by atoms with E-state index in [0.29, 0.717) is 41.9 Å². The van der Waals surface area contributed by atoms with Crippen molar-refractivity contribution in [1.82, 2.24) is 9.80 Å². The highest BCUT2D eigenvalue weighted by molar-refractivity contribution is 6.42. The molecule has 41 heavy (non-hydrogen) atoms. The lowest BCUT2D eigenvalue weighted by Gasteiger charge is -2.48. The number of rotatable bonds is 13. The van der Waals surface area contributed by atoms with Gasteiger partial charge in [-0.25, -0.2) is 0 Å². The van der Waals surface area contributed by atoms with Crippen LogP contribution in [0.15, 0.2) is 41.4 Å². The molecule has 9 heteroatoms. The van der Waals surface area contributed by atoms with E-state index in [-0.39, 0.29) is 30.0 Å². The number of benzene rings is 2. The summed E-state index contributed by atoms with van der Waals surface area (Å²) < 4.78 is 0. The topological polar surface area (TPSA) is 114 Å². The number of piperazine rings is 1. The third kappa shape index (κ3) is 10.5. The molecule has 0 aliphatic carbocycles. The van der Waals surface area contributed by atoms with Gasteiger partial charge in [0.1, 0.15) is 0 Å². The molecule has 0 aromatic heterocycles.